The van der Waals surface area contributed by atoms with Crippen LogP contribution < -0.4 is 5.32 Å². The van der Waals surface area contributed by atoms with Gasteiger partial charge in [0.05, 0.1) is 13.1 Å². The Bertz CT molecular complexity index is 239. The molecule has 0 aliphatic carbocycles. The lowest BCUT2D eigenvalue weighted by Crippen LogP contribution is -2.58. The second-order valence-electron chi connectivity index (χ2n) is 2.86. The van der Waals surface area contributed by atoms with E-state index in [2.05, 4.69) is 5.32 Å². The molecule has 0 aromatic rings. The summed E-state index contributed by atoms with van der Waals surface area (Å²) in [6.07, 6.45) is 0. The number of nitrogens with zero attached hydrogens (tertiary/aromatic N) is 1. The Morgan fingerprint density at radius 1 is 1.62 bits per heavy atom. The third-order valence-corrected chi connectivity index (χ3v) is 1.82. The van der Waals surface area contributed by atoms with Gasteiger partial charge in [0.1, 0.15) is 6.04 Å². The summed E-state index contributed by atoms with van der Waals surface area (Å²) >= 11 is 0. The molecule has 2 N–H and O–H groups in total. The second kappa shape index (κ2) is 3.42. The predicted octanol–water partition coefficient (Wildman–Crippen LogP) is -1.58. The highest BCUT2D eigenvalue weighted by Gasteiger charge is 2.30. The molecule has 1 saturated heterocycles. The quantitative estimate of drug-likeness (QED) is 0.517. The molecule has 0 unspecified atom stereocenters. The van der Waals surface area contributed by atoms with Crippen LogP contribution in [0, 0.1) is 0 Å². The van der Waals surface area contributed by atoms with Crippen LogP contribution in [0.25, 0.3) is 0 Å². The van der Waals surface area contributed by atoms with Gasteiger partial charge in [0, 0.05) is 6.92 Å². The van der Waals surface area contributed by atoms with Crippen molar-refractivity contribution in [3.63, 3.8) is 0 Å². The summed E-state index contributed by atoms with van der Waals surface area (Å²) < 4.78 is 0. The molecule has 6 nitrogen and oxygen atoms in total. The average Bonchev–Trinajstić information content (AvgIpc) is 2.03. The van der Waals surface area contributed by atoms with Crippen LogP contribution in [-0.2, 0) is 14.4 Å². The largest absolute Gasteiger partial charge is 0.480 e. The molecule has 1 heterocycles. The van der Waals surface area contributed by atoms with Crippen molar-refractivity contribution in [3.05, 3.63) is 0 Å². The Morgan fingerprint density at radius 2 is 2.23 bits per heavy atom. The fourth-order valence-electron chi connectivity index (χ4n) is 1.12. The van der Waals surface area contributed by atoms with Gasteiger partial charge in [-0.1, -0.05) is 0 Å². The number of piperazine rings is 1. The molecule has 0 spiro atoms. The van der Waals surface area contributed by atoms with Gasteiger partial charge in [-0.15, -0.1) is 0 Å². The Balaban J connectivity index is 2.68. The van der Waals surface area contributed by atoms with E-state index in [0.717, 1.165) is 0 Å². The van der Waals surface area contributed by atoms with E-state index in [4.69, 9.17) is 5.11 Å². The van der Waals surface area contributed by atoms with Crippen LogP contribution in [0.15, 0.2) is 0 Å². The van der Waals surface area contributed by atoms with E-state index in [1.165, 1.54) is 11.8 Å². The fourth-order valence-corrected chi connectivity index (χ4v) is 1.12. The molecule has 1 aliphatic heterocycles. The molecule has 0 radical (unpaired) electrons. The van der Waals surface area contributed by atoms with Gasteiger partial charge in [0.25, 0.3) is 0 Å². The Labute approximate surface area is 74.5 Å². The van der Waals surface area contributed by atoms with E-state index in [0.29, 0.717) is 0 Å². The first kappa shape index (κ1) is 9.50. The van der Waals surface area contributed by atoms with Crippen molar-refractivity contribution in [2.45, 2.75) is 13.0 Å². The van der Waals surface area contributed by atoms with Crippen LogP contribution in [0.2, 0.25) is 0 Å². The SMILES string of the molecule is CC(=O)N1CC(=O)N[C@H](C(=O)O)C1. The molecule has 6 heteroatoms. The maximum Gasteiger partial charge on any atom is 0.328 e. The van der Waals surface area contributed by atoms with Gasteiger partial charge in [-0.25, -0.2) is 4.79 Å². The lowest BCUT2D eigenvalue weighted by atomic mass is 10.2. The predicted molar refractivity (Wildman–Crippen MR) is 41.8 cm³/mol. The molecule has 0 saturated carbocycles. The highest BCUT2D eigenvalue weighted by molar-refractivity contribution is 5.90. The van der Waals surface area contributed by atoms with Gasteiger partial charge < -0.3 is 15.3 Å². The summed E-state index contributed by atoms with van der Waals surface area (Å²) in [6.45, 7) is 1.28. The van der Waals surface area contributed by atoms with Gasteiger partial charge in [0.15, 0.2) is 0 Å². The minimum absolute atomic E-state index is 0.0381. The van der Waals surface area contributed by atoms with E-state index >= 15 is 0 Å². The summed E-state index contributed by atoms with van der Waals surface area (Å²) in [5, 5.41) is 10.9. The minimum atomic E-state index is -1.13. The molecular weight excluding hydrogens is 176 g/mol. The van der Waals surface area contributed by atoms with Crippen molar-refractivity contribution < 1.29 is 19.5 Å². The smallest absolute Gasteiger partial charge is 0.328 e. The second-order valence-corrected chi connectivity index (χ2v) is 2.86. The molecule has 13 heavy (non-hydrogen) atoms. The number of hydrogen-bond donors (Lipinski definition) is 2. The Kier molecular flexibility index (Phi) is 2.50. The van der Waals surface area contributed by atoms with E-state index in [1.807, 2.05) is 0 Å². The molecular formula is C7H10N2O4. The summed E-state index contributed by atoms with van der Waals surface area (Å²) in [5.74, 6) is -1.85. The Morgan fingerprint density at radius 3 is 2.69 bits per heavy atom. The number of rotatable bonds is 1. The summed E-state index contributed by atoms with van der Waals surface area (Å²) in [6, 6.07) is -0.981. The van der Waals surface area contributed by atoms with Crippen LogP contribution in [0.3, 0.4) is 0 Å². The van der Waals surface area contributed by atoms with Gasteiger partial charge in [-0.3, -0.25) is 9.59 Å². The van der Waals surface area contributed by atoms with Crippen molar-refractivity contribution in [2.75, 3.05) is 13.1 Å². The number of aliphatic carboxylic acids is 1. The van der Waals surface area contributed by atoms with Crippen LogP contribution >= 0.6 is 0 Å². The lowest BCUT2D eigenvalue weighted by Gasteiger charge is -2.29. The minimum Gasteiger partial charge on any atom is -0.480 e. The summed E-state index contributed by atoms with van der Waals surface area (Å²) in [5.41, 5.74) is 0. The zero-order valence-electron chi connectivity index (χ0n) is 7.11. The van der Waals surface area contributed by atoms with Crippen molar-refractivity contribution in [1.82, 2.24) is 10.2 Å². The summed E-state index contributed by atoms with van der Waals surface area (Å²) in [7, 11) is 0. The highest BCUT2D eigenvalue weighted by atomic mass is 16.4. The number of carbonyl (C=O) groups excluding carboxylic acids is 2. The van der Waals surface area contributed by atoms with Gasteiger partial charge in [0.2, 0.25) is 11.8 Å². The number of nitrogens with one attached hydrogen (secondary N) is 1. The molecule has 0 aromatic heterocycles. The maximum atomic E-state index is 10.9. The number of carbonyl (C=O) groups is 3. The van der Waals surface area contributed by atoms with Crippen LogP contribution in [0.1, 0.15) is 6.92 Å². The zero-order chi connectivity index (χ0) is 10.0. The van der Waals surface area contributed by atoms with E-state index < -0.39 is 17.9 Å². The summed E-state index contributed by atoms with van der Waals surface area (Å²) in [4.78, 5) is 33.5. The maximum absolute atomic E-state index is 10.9. The zero-order valence-corrected chi connectivity index (χ0v) is 7.11. The molecule has 2 amide bonds. The Hall–Kier alpha value is -1.59. The standard InChI is InChI=1S/C7H10N2O4/c1-4(10)9-2-5(7(12)13)8-6(11)3-9/h5H,2-3H2,1H3,(H,8,11)(H,12,13)/t5-/m0/s1. The molecule has 1 aliphatic rings. The first-order valence-corrected chi connectivity index (χ1v) is 3.78. The lowest BCUT2D eigenvalue weighted by molar-refractivity contribution is -0.147. The molecule has 1 rings (SSSR count). The number of carboxylic acid groups (broad SMARTS) is 1. The van der Waals surface area contributed by atoms with Crippen molar-refractivity contribution in [1.29, 1.82) is 0 Å². The van der Waals surface area contributed by atoms with Crippen LogP contribution in [-0.4, -0.2) is 46.9 Å². The van der Waals surface area contributed by atoms with Crippen molar-refractivity contribution in [2.24, 2.45) is 0 Å². The molecule has 0 bridgehead atoms. The molecule has 1 fully saturated rings. The van der Waals surface area contributed by atoms with Crippen molar-refractivity contribution in [3.8, 4) is 0 Å². The van der Waals surface area contributed by atoms with Crippen LogP contribution in [0.4, 0.5) is 0 Å². The molecule has 1 atom stereocenters. The first-order valence-electron chi connectivity index (χ1n) is 3.78. The number of amides is 2. The normalized spacial score (nSPS) is 22.4. The third kappa shape index (κ3) is 2.17. The van der Waals surface area contributed by atoms with Crippen molar-refractivity contribution >= 4 is 17.8 Å². The van der Waals surface area contributed by atoms with Gasteiger partial charge in [-0.05, 0) is 0 Å². The number of hydrogen-bond acceptors (Lipinski definition) is 3. The van der Waals surface area contributed by atoms with Crippen LogP contribution in [0.5, 0.6) is 0 Å². The molecule has 0 aromatic carbocycles. The highest BCUT2D eigenvalue weighted by Crippen LogP contribution is 2.00. The van der Waals surface area contributed by atoms with E-state index in [1.54, 1.807) is 0 Å². The van der Waals surface area contributed by atoms with E-state index in [-0.39, 0.29) is 19.0 Å². The average molecular weight is 186 g/mol. The fraction of sp³-hybridized carbons (Fsp3) is 0.571. The third-order valence-electron chi connectivity index (χ3n) is 1.82. The van der Waals surface area contributed by atoms with E-state index in [9.17, 15) is 14.4 Å². The monoisotopic (exact) mass is 186 g/mol. The van der Waals surface area contributed by atoms with Gasteiger partial charge in [-0.2, -0.15) is 0 Å². The molecule has 72 valence electrons. The number of carboxylic acids is 1. The topological polar surface area (TPSA) is 86.7 Å². The first-order chi connectivity index (χ1) is 6.00. The van der Waals surface area contributed by atoms with Gasteiger partial charge >= 0.3 is 5.97 Å².